The minimum Gasteiger partial charge on any atom is -0.482 e. The molecule has 8 nitrogen and oxygen atoms in total. The number of nitrogens with zero attached hydrogens (tertiary/aromatic N) is 1. The van der Waals surface area contributed by atoms with Crippen LogP contribution in [0.15, 0.2) is 65.1 Å². The molecule has 2 N–H and O–H groups in total. The predicted molar refractivity (Wildman–Crippen MR) is 123 cm³/mol. The lowest BCUT2D eigenvalue weighted by Gasteiger charge is -2.09. The molecule has 0 fully saturated rings. The lowest BCUT2D eigenvalue weighted by Crippen LogP contribution is -2.20. The van der Waals surface area contributed by atoms with Gasteiger partial charge in [0.05, 0.1) is 5.02 Å². The number of nitrogens with one attached hydrogen (secondary N) is 1. The van der Waals surface area contributed by atoms with Gasteiger partial charge in [0.1, 0.15) is 22.0 Å². The van der Waals surface area contributed by atoms with Crippen LogP contribution in [0.4, 0.5) is 5.69 Å². The van der Waals surface area contributed by atoms with Gasteiger partial charge in [0.25, 0.3) is 5.91 Å². The molecule has 1 aromatic heterocycles. The van der Waals surface area contributed by atoms with Crippen LogP contribution in [-0.2, 0) is 9.59 Å². The molecule has 0 aliphatic rings. The van der Waals surface area contributed by atoms with Crippen molar-refractivity contribution in [2.45, 2.75) is 0 Å². The molecule has 1 amide bonds. The Labute approximate surface area is 197 Å². The van der Waals surface area contributed by atoms with Gasteiger partial charge in [-0.05, 0) is 54.6 Å². The van der Waals surface area contributed by atoms with Crippen LogP contribution in [0.25, 0.3) is 22.6 Å². The molecule has 0 spiro atoms. The Kier molecular flexibility index (Phi) is 6.67. The molecule has 1 heterocycles. The number of carbonyl (C=O) groups excluding carboxylic acids is 1. The number of ether oxygens (including phenoxy) is 2. The second kappa shape index (κ2) is 9.81. The van der Waals surface area contributed by atoms with Gasteiger partial charge in [-0.1, -0.05) is 29.3 Å². The Balaban J connectivity index is 1.41. The highest BCUT2D eigenvalue weighted by molar-refractivity contribution is 6.42. The molecule has 0 radical (unpaired) electrons. The Morgan fingerprint density at radius 1 is 1.00 bits per heavy atom. The highest BCUT2D eigenvalue weighted by atomic mass is 35.5. The minimum atomic E-state index is -1.05. The summed E-state index contributed by atoms with van der Waals surface area (Å²) in [5.74, 6) is -0.331. The number of carboxylic acid groups (broad SMARTS) is 1. The van der Waals surface area contributed by atoms with E-state index < -0.39 is 12.6 Å². The molecular formula is C23H16Cl2N2O6. The van der Waals surface area contributed by atoms with E-state index in [1.807, 2.05) is 0 Å². The zero-order valence-electron chi connectivity index (χ0n) is 16.9. The summed E-state index contributed by atoms with van der Waals surface area (Å²) < 4.78 is 16.3. The van der Waals surface area contributed by atoms with E-state index in [0.717, 1.165) is 0 Å². The molecule has 10 heteroatoms. The number of halogens is 2. The van der Waals surface area contributed by atoms with E-state index in [1.165, 1.54) is 0 Å². The largest absolute Gasteiger partial charge is 0.482 e. The van der Waals surface area contributed by atoms with Crippen molar-refractivity contribution in [3.8, 4) is 23.0 Å². The maximum absolute atomic E-state index is 12.3. The predicted octanol–water partition coefficient (Wildman–Crippen LogP) is 5.28. The van der Waals surface area contributed by atoms with E-state index in [0.29, 0.717) is 44.8 Å². The summed E-state index contributed by atoms with van der Waals surface area (Å²) in [6.07, 6.45) is 0. The summed E-state index contributed by atoms with van der Waals surface area (Å²) in [6, 6.07) is 16.7. The lowest BCUT2D eigenvalue weighted by molar-refractivity contribution is -0.139. The standard InChI is InChI=1S/C23H16Cl2N2O6/c24-16-2-1-3-19(22(16)25)32-11-20(28)26-14-6-9-18-17(10-14)27-23(33-18)13-4-7-15(8-5-13)31-12-21(29)30/h1-10H,11-12H2,(H,26,28)(H,29,30). The number of hydrogen-bond acceptors (Lipinski definition) is 6. The highest BCUT2D eigenvalue weighted by Crippen LogP contribution is 2.31. The van der Waals surface area contributed by atoms with Gasteiger partial charge in [-0.25, -0.2) is 9.78 Å². The first-order chi connectivity index (χ1) is 15.9. The molecule has 0 bridgehead atoms. The summed E-state index contributed by atoms with van der Waals surface area (Å²) >= 11 is 12.0. The summed E-state index contributed by atoms with van der Waals surface area (Å²) in [5.41, 5.74) is 2.29. The number of oxazole rings is 1. The SMILES string of the molecule is O=C(O)COc1ccc(-c2nc3cc(NC(=O)COc4cccc(Cl)c4Cl)ccc3o2)cc1. The van der Waals surface area contributed by atoms with E-state index in [1.54, 1.807) is 60.7 Å². The number of carboxylic acids is 1. The molecule has 0 saturated heterocycles. The van der Waals surface area contributed by atoms with Gasteiger partial charge >= 0.3 is 5.97 Å². The first kappa shape index (κ1) is 22.4. The van der Waals surface area contributed by atoms with Crippen molar-refractivity contribution in [1.29, 1.82) is 0 Å². The molecule has 0 unspecified atom stereocenters. The number of carbonyl (C=O) groups is 2. The van der Waals surface area contributed by atoms with Crippen LogP contribution < -0.4 is 14.8 Å². The van der Waals surface area contributed by atoms with Crippen LogP contribution in [0.5, 0.6) is 11.5 Å². The lowest BCUT2D eigenvalue weighted by atomic mass is 10.2. The molecule has 0 aliphatic carbocycles. The molecule has 4 rings (SSSR count). The number of hydrogen-bond donors (Lipinski definition) is 2. The van der Waals surface area contributed by atoms with Gasteiger partial charge in [-0.3, -0.25) is 4.79 Å². The van der Waals surface area contributed by atoms with Gasteiger partial charge in [-0.15, -0.1) is 0 Å². The number of fused-ring (bicyclic) bond motifs is 1. The summed E-state index contributed by atoms with van der Waals surface area (Å²) in [7, 11) is 0. The first-order valence-electron chi connectivity index (χ1n) is 9.61. The van der Waals surface area contributed by atoms with Crippen molar-refractivity contribution in [2.75, 3.05) is 18.5 Å². The van der Waals surface area contributed by atoms with Gasteiger partial charge in [0.15, 0.2) is 18.8 Å². The van der Waals surface area contributed by atoms with Gasteiger partial charge in [0.2, 0.25) is 5.89 Å². The topological polar surface area (TPSA) is 111 Å². The van der Waals surface area contributed by atoms with Crippen molar-refractivity contribution < 1.29 is 28.6 Å². The van der Waals surface area contributed by atoms with Crippen LogP contribution in [0, 0.1) is 0 Å². The van der Waals surface area contributed by atoms with Crippen LogP contribution in [0.1, 0.15) is 0 Å². The van der Waals surface area contributed by atoms with Crippen molar-refractivity contribution in [2.24, 2.45) is 0 Å². The zero-order chi connectivity index (χ0) is 23.4. The van der Waals surface area contributed by atoms with Crippen molar-refractivity contribution in [1.82, 2.24) is 4.98 Å². The van der Waals surface area contributed by atoms with E-state index in [2.05, 4.69) is 10.3 Å². The van der Waals surface area contributed by atoms with E-state index in [4.69, 9.17) is 42.2 Å². The van der Waals surface area contributed by atoms with Crippen molar-refractivity contribution in [3.05, 3.63) is 70.7 Å². The summed E-state index contributed by atoms with van der Waals surface area (Å²) in [6.45, 7) is -0.674. The number of benzene rings is 3. The fourth-order valence-corrected chi connectivity index (χ4v) is 3.25. The average Bonchev–Trinajstić information content (AvgIpc) is 3.22. The zero-order valence-corrected chi connectivity index (χ0v) is 18.4. The minimum absolute atomic E-state index is 0.241. The summed E-state index contributed by atoms with van der Waals surface area (Å²) in [4.78, 5) is 27.3. The molecular weight excluding hydrogens is 471 g/mol. The molecule has 168 valence electrons. The second-order valence-electron chi connectivity index (χ2n) is 6.80. The number of aromatic nitrogens is 1. The van der Waals surface area contributed by atoms with Crippen LogP contribution >= 0.6 is 23.2 Å². The fraction of sp³-hybridized carbons (Fsp3) is 0.0870. The van der Waals surface area contributed by atoms with Crippen LogP contribution in [0.3, 0.4) is 0 Å². The van der Waals surface area contributed by atoms with E-state index in [-0.39, 0.29) is 17.5 Å². The smallest absolute Gasteiger partial charge is 0.341 e. The molecule has 4 aromatic rings. The average molecular weight is 487 g/mol. The Hall–Kier alpha value is -3.75. The third-order valence-corrected chi connectivity index (χ3v) is 5.21. The van der Waals surface area contributed by atoms with Gasteiger partial charge in [-0.2, -0.15) is 0 Å². The normalized spacial score (nSPS) is 10.7. The number of aliphatic carboxylic acids is 1. The highest BCUT2D eigenvalue weighted by Gasteiger charge is 2.12. The van der Waals surface area contributed by atoms with E-state index in [9.17, 15) is 9.59 Å². The molecule has 33 heavy (non-hydrogen) atoms. The molecule has 0 atom stereocenters. The Bertz CT molecular complexity index is 1320. The first-order valence-corrected chi connectivity index (χ1v) is 10.4. The quantitative estimate of drug-likeness (QED) is 0.348. The van der Waals surface area contributed by atoms with Crippen LogP contribution in [0.2, 0.25) is 10.0 Å². The van der Waals surface area contributed by atoms with Gasteiger partial charge < -0.3 is 24.3 Å². The second-order valence-corrected chi connectivity index (χ2v) is 7.58. The fourth-order valence-electron chi connectivity index (χ4n) is 2.90. The maximum atomic E-state index is 12.3. The van der Waals surface area contributed by atoms with Crippen molar-refractivity contribution in [3.63, 3.8) is 0 Å². The van der Waals surface area contributed by atoms with Gasteiger partial charge in [0, 0.05) is 11.3 Å². The molecule has 0 saturated carbocycles. The maximum Gasteiger partial charge on any atom is 0.341 e. The Morgan fingerprint density at radius 2 is 1.79 bits per heavy atom. The third-order valence-electron chi connectivity index (χ3n) is 4.41. The van der Waals surface area contributed by atoms with Crippen LogP contribution in [-0.4, -0.2) is 35.2 Å². The monoisotopic (exact) mass is 486 g/mol. The Morgan fingerprint density at radius 3 is 2.55 bits per heavy atom. The number of anilines is 1. The molecule has 0 aliphatic heterocycles. The molecule has 3 aromatic carbocycles. The van der Waals surface area contributed by atoms with Crippen molar-refractivity contribution >= 4 is 51.9 Å². The summed E-state index contributed by atoms with van der Waals surface area (Å²) in [5, 5.41) is 12.0. The number of rotatable bonds is 8. The number of amides is 1. The van der Waals surface area contributed by atoms with E-state index >= 15 is 0 Å². The third kappa shape index (κ3) is 5.54.